The molecule has 2 N–H and O–H groups in total. The molecule has 2 aromatic rings. The van der Waals surface area contributed by atoms with Crippen molar-refractivity contribution in [2.24, 2.45) is 5.92 Å². The number of aromatic nitrogens is 1. The molecule has 1 aromatic heterocycles. The van der Waals surface area contributed by atoms with Crippen molar-refractivity contribution in [3.05, 3.63) is 51.5 Å². The lowest BCUT2D eigenvalue weighted by Crippen LogP contribution is -2.43. The third kappa shape index (κ3) is 4.67. The molecular weight excluding hydrogens is 384 g/mol. The van der Waals surface area contributed by atoms with Crippen molar-refractivity contribution >= 4 is 23.2 Å². The van der Waals surface area contributed by atoms with Crippen molar-refractivity contribution < 1.29 is 9.59 Å². The summed E-state index contributed by atoms with van der Waals surface area (Å²) in [5, 5.41) is 6.40. The summed E-state index contributed by atoms with van der Waals surface area (Å²) in [5.74, 6) is 0.0331. The van der Waals surface area contributed by atoms with E-state index in [1.165, 1.54) is 22.5 Å². The Morgan fingerprint density at radius 1 is 1.07 bits per heavy atom. The monoisotopic (exact) mass is 412 g/mol. The van der Waals surface area contributed by atoms with Crippen LogP contribution in [0.5, 0.6) is 0 Å². The number of fused-ring (bicyclic) bond motifs is 1. The number of hydrogen-bond donors (Lipinski definition) is 2. The van der Waals surface area contributed by atoms with Gasteiger partial charge in [-0.3, -0.25) is 9.59 Å². The zero-order valence-corrected chi connectivity index (χ0v) is 17.8. The molecule has 1 aromatic carbocycles. The van der Waals surface area contributed by atoms with E-state index < -0.39 is 0 Å². The van der Waals surface area contributed by atoms with Crippen molar-refractivity contribution in [1.82, 2.24) is 20.5 Å². The fourth-order valence-electron chi connectivity index (χ4n) is 4.49. The van der Waals surface area contributed by atoms with Crippen LogP contribution in [-0.2, 0) is 17.6 Å². The van der Waals surface area contributed by atoms with Gasteiger partial charge in [0.2, 0.25) is 5.91 Å². The maximum atomic E-state index is 12.9. The van der Waals surface area contributed by atoms with Gasteiger partial charge in [-0.05, 0) is 50.8 Å². The Bertz CT molecular complexity index is 871. The summed E-state index contributed by atoms with van der Waals surface area (Å²) < 4.78 is 0. The van der Waals surface area contributed by atoms with Gasteiger partial charge in [0.05, 0.1) is 17.1 Å². The summed E-state index contributed by atoms with van der Waals surface area (Å²) >= 11 is 1.37. The number of hydrogen-bond acceptors (Lipinski definition) is 5. The van der Waals surface area contributed by atoms with Crippen molar-refractivity contribution in [3.63, 3.8) is 0 Å². The maximum absolute atomic E-state index is 12.9. The van der Waals surface area contributed by atoms with Crippen LogP contribution in [0.15, 0.2) is 29.8 Å². The molecule has 29 heavy (non-hydrogen) atoms. The van der Waals surface area contributed by atoms with Crippen LogP contribution >= 0.6 is 11.3 Å². The van der Waals surface area contributed by atoms with Crippen LogP contribution in [0.25, 0.3) is 0 Å². The normalized spacial score (nSPS) is 22.7. The van der Waals surface area contributed by atoms with E-state index in [-0.39, 0.29) is 29.8 Å². The van der Waals surface area contributed by atoms with Crippen LogP contribution in [0.1, 0.15) is 39.3 Å². The van der Waals surface area contributed by atoms with E-state index in [4.69, 9.17) is 0 Å². The first kappa shape index (κ1) is 20.0. The molecule has 7 heteroatoms. The Kier molecular flexibility index (Phi) is 5.96. The first-order valence-corrected chi connectivity index (χ1v) is 11.1. The summed E-state index contributed by atoms with van der Waals surface area (Å²) in [6, 6.07) is 8.66. The average Bonchev–Trinajstić information content (AvgIpc) is 3.24. The molecule has 1 aliphatic carbocycles. The number of amides is 2. The van der Waals surface area contributed by atoms with Gasteiger partial charge in [-0.1, -0.05) is 24.3 Å². The lowest BCUT2D eigenvalue weighted by molar-refractivity contribution is -0.126. The number of carbonyl (C=O) groups is 2. The van der Waals surface area contributed by atoms with Gasteiger partial charge in [0.15, 0.2) is 0 Å². The predicted octanol–water partition coefficient (Wildman–Crippen LogP) is 2.18. The summed E-state index contributed by atoms with van der Waals surface area (Å²) in [7, 11) is 2.02. The number of aryl methyl sites for hydroxylation is 1. The van der Waals surface area contributed by atoms with Crippen molar-refractivity contribution in [2.45, 2.75) is 44.7 Å². The minimum absolute atomic E-state index is 0.0440. The predicted molar refractivity (Wildman–Crippen MR) is 114 cm³/mol. The lowest BCUT2D eigenvalue weighted by Gasteiger charge is -2.22. The molecule has 2 heterocycles. The number of benzene rings is 1. The van der Waals surface area contributed by atoms with Crippen LogP contribution < -0.4 is 10.6 Å². The molecule has 2 amide bonds. The van der Waals surface area contributed by atoms with Crippen LogP contribution in [-0.4, -0.2) is 53.9 Å². The molecule has 0 unspecified atom stereocenters. The molecular formula is C22H28N4O2S. The standard InChI is InChI=1S/C22H28N4O2S/c1-14-20(29-13-23-14)22(28)24-18-8-7-17(11-26(2)12-18)21(27)25-19-9-15-5-3-4-6-16(15)10-19/h3-6,13,17-19H,7-12H2,1-2H3,(H,24,28)(H,25,27)/t17-,18+/m1/s1. The lowest BCUT2D eigenvalue weighted by atomic mass is 10.00. The fourth-order valence-corrected chi connectivity index (χ4v) is 5.20. The van der Waals surface area contributed by atoms with Crippen LogP contribution in [0.4, 0.5) is 0 Å². The van der Waals surface area contributed by atoms with Gasteiger partial charge >= 0.3 is 0 Å². The van der Waals surface area contributed by atoms with Gasteiger partial charge < -0.3 is 15.5 Å². The zero-order valence-electron chi connectivity index (χ0n) is 17.0. The number of thiazole rings is 1. The molecule has 6 nitrogen and oxygen atoms in total. The molecule has 1 aliphatic heterocycles. The van der Waals surface area contributed by atoms with E-state index in [2.05, 4.69) is 44.8 Å². The van der Waals surface area contributed by atoms with Gasteiger partial charge in [0, 0.05) is 25.2 Å². The van der Waals surface area contributed by atoms with E-state index in [0.717, 1.165) is 44.5 Å². The zero-order chi connectivity index (χ0) is 20.4. The highest BCUT2D eigenvalue weighted by molar-refractivity contribution is 7.11. The van der Waals surface area contributed by atoms with E-state index in [9.17, 15) is 9.59 Å². The summed E-state index contributed by atoms with van der Waals surface area (Å²) in [4.78, 5) is 32.4. The number of likely N-dealkylation sites (N-methyl/N-ethyl adjacent to an activating group) is 1. The Balaban J connectivity index is 1.32. The Labute approximate surface area is 175 Å². The number of likely N-dealkylation sites (tertiary alicyclic amines) is 1. The van der Waals surface area contributed by atoms with Crippen LogP contribution in [0, 0.1) is 12.8 Å². The third-order valence-corrected chi connectivity index (χ3v) is 6.91. The topological polar surface area (TPSA) is 74.3 Å². The summed E-state index contributed by atoms with van der Waals surface area (Å²) in [6.45, 7) is 3.33. The van der Waals surface area contributed by atoms with Gasteiger partial charge in [0.25, 0.3) is 5.91 Å². The molecule has 1 fully saturated rings. The Hall–Kier alpha value is -2.25. The summed E-state index contributed by atoms with van der Waals surface area (Å²) in [6.07, 6.45) is 3.41. The second-order valence-electron chi connectivity index (χ2n) is 8.32. The summed E-state index contributed by atoms with van der Waals surface area (Å²) in [5.41, 5.74) is 5.16. The number of nitrogens with one attached hydrogen (secondary N) is 2. The van der Waals surface area contributed by atoms with Crippen molar-refractivity contribution in [2.75, 3.05) is 20.1 Å². The van der Waals surface area contributed by atoms with E-state index in [1.807, 2.05) is 14.0 Å². The van der Waals surface area contributed by atoms with Crippen molar-refractivity contribution in [3.8, 4) is 0 Å². The molecule has 2 aliphatic rings. The van der Waals surface area contributed by atoms with Gasteiger partial charge in [-0.25, -0.2) is 4.98 Å². The van der Waals surface area contributed by atoms with Crippen LogP contribution in [0.2, 0.25) is 0 Å². The second kappa shape index (κ2) is 8.63. The second-order valence-corrected chi connectivity index (χ2v) is 9.17. The minimum Gasteiger partial charge on any atom is -0.352 e. The van der Waals surface area contributed by atoms with Gasteiger partial charge in [-0.15, -0.1) is 11.3 Å². The number of carbonyl (C=O) groups excluding carboxylic acids is 2. The quantitative estimate of drug-likeness (QED) is 0.807. The van der Waals surface area contributed by atoms with Gasteiger partial charge in [-0.2, -0.15) is 0 Å². The smallest absolute Gasteiger partial charge is 0.263 e. The maximum Gasteiger partial charge on any atom is 0.263 e. The van der Waals surface area contributed by atoms with Crippen LogP contribution in [0.3, 0.4) is 0 Å². The highest BCUT2D eigenvalue weighted by Crippen LogP contribution is 2.23. The molecule has 0 saturated carbocycles. The number of nitrogens with zero attached hydrogens (tertiary/aromatic N) is 2. The molecule has 154 valence electrons. The molecule has 0 radical (unpaired) electrons. The Morgan fingerprint density at radius 3 is 2.45 bits per heavy atom. The average molecular weight is 413 g/mol. The SMILES string of the molecule is Cc1ncsc1C(=O)N[C@H]1CC[C@@H](C(=O)NC2Cc3ccccc3C2)CN(C)C1. The Morgan fingerprint density at radius 2 is 1.79 bits per heavy atom. The molecule has 0 spiro atoms. The fraction of sp³-hybridized carbons (Fsp3) is 0.500. The minimum atomic E-state index is -0.0602. The van der Waals surface area contributed by atoms with E-state index in [0.29, 0.717) is 4.88 Å². The molecule has 0 bridgehead atoms. The number of rotatable bonds is 4. The molecule has 1 saturated heterocycles. The molecule has 4 rings (SSSR count). The van der Waals surface area contributed by atoms with Crippen molar-refractivity contribution in [1.29, 1.82) is 0 Å². The highest BCUT2D eigenvalue weighted by atomic mass is 32.1. The van der Waals surface area contributed by atoms with E-state index >= 15 is 0 Å². The largest absolute Gasteiger partial charge is 0.352 e. The van der Waals surface area contributed by atoms with E-state index in [1.54, 1.807) is 5.51 Å². The third-order valence-electron chi connectivity index (χ3n) is 5.98. The highest BCUT2D eigenvalue weighted by Gasteiger charge is 2.30. The molecule has 2 atom stereocenters. The van der Waals surface area contributed by atoms with Gasteiger partial charge in [0.1, 0.15) is 4.88 Å². The first-order chi connectivity index (χ1) is 14.0. The first-order valence-electron chi connectivity index (χ1n) is 10.3.